The highest BCUT2D eigenvalue weighted by atomic mass is 19.4. The number of hydrogen-bond donors (Lipinski definition) is 1. The number of para-hydroxylation sites is 1. The molecule has 0 bridgehead atoms. The number of amides is 1. The molecule has 1 aliphatic rings. The molecule has 1 saturated heterocycles. The first kappa shape index (κ1) is 12.7. The molecule has 0 aliphatic carbocycles. The Morgan fingerprint density at radius 3 is 2.50 bits per heavy atom. The van der Waals surface area contributed by atoms with Crippen molar-refractivity contribution in [2.24, 2.45) is 0 Å². The molecule has 1 heterocycles. The number of alkyl halides is 3. The molecule has 1 aromatic rings. The van der Waals surface area contributed by atoms with Gasteiger partial charge in [-0.3, -0.25) is 0 Å². The van der Waals surface area contributed by atoms with E-state index in [1.807, 2.05) is 0 Å². The number of β-amino-alcohol motifs (C(OH)–C–C–N with tert-alkyl or cyclic N) is 1. The Morgan fingerprint density at radius 1 is 1.33 bits per heavy atom. The van der Waals surface area contributed by atoms with Crippen molar-refractivity contribution >= 4 is 6.09 Å². The Bertz CT molecular complexity index is 455. The number of aliphatic hydroxyl groups is 1. The summed E-state index contributed by atoms with van der Waals surface area (Å²) in [7, 11) is 0. The van der Waals surface area contributed by atoms with Crippen LogP contribution in [0.4, 0.5) is 18.0 Å². The fourth-order valence-corrected chi connectivity index (χ4v) is 1.55. The maximum Gasteiger partial charge on any atom is 0.419 e. The van der Waals surface area contributed by atoms with Gasteiger partial charge in [0.25, 0.3) is 0 Å². The average Bonchev–Trinajstić information content (AvgIpc) is 2.24. The number of nitrogens with zero attached hydrogens (tertiary/aromatic N) is 1. The fourth-order valence-electron chi connectivity index (χ4n) is 1.55. The van der Waals surface area contributed by atoms with Gasteiger partial charge in [0.1, 0.15) is 5.75 Å². The van der Waals surface area contributed by atoms with Gasteiger partial charge in [-0.25, -0.2) is 4.79 Å². The van der Waals surface area contributed by atoms with Gasteiger partial charge in [0, 0.05) is 0 Å². The van der Waals surface area contributed by atoms with Gasteiger partial charge in [0.15, 0.2) is 0 Å². The molecule has 1 aliphatic heterocycles. The molecular formula is C11H10F3NO3. The molecule has 0 spiro atoms. The first-order valence-corrected chi connectivity index (χ1v) is 5.19. The molecule has 0 radical (unpaired) electrons. The van der Waals surface area contributed by atoms with Crippen molar-refractivity contribution < 1.29 is 27.8 Å². The van der Waals surface area contributed by atoms with Crippen LogP contribution < -0.4 is 4.74 Å². The summed E-state index contributed by atoms with van der Waals surface area (Å²) in [6.45, 7) is 0.153. The van der Waals surface area contributed by atoms with Crippen LogP contribution in [0.15, 0.2) is 24.3 Å². The Kier molecular flexibility index (Phi) is 3.16. The van der Waals surface area contributed by atoms with E-state index in [1.54, 1.807) is 0 Å². The van der Waals surface area contributed by atoms with Crippen LogP contribution in [0.25, 0.3) is 0 Å². The highest BCUT2D eigenvalue weighted by Gasteiger charge is 2.36. The van der Waals surface area contributed by atoms with Gasteiger partial charge in [0.05, 0.1) is 24.8 Å². The monoisotopic (exact) mass is 261 g/mol. The molecule has 7 heteroatoms. The van der Waals surface area contributed by atoms with Crippen molar-refractivity contribution in [3.05, 3.63) is 29.8 Å². The lowest BCUT2D eigenvalue weighted by Crippen LogP contribution is -2.54. The third kappa shape index (κ3) is 2.56. The van der Waals surface area contributed by atoms with Gasteiger partial charge in [0.2, 0.25) is 0 Å². The van der Waals surface area contributed by atoms with Crippen LogP contribution >= 0.6 is 0 Å². The predicted molar refractivity (Wildman–Crippen MR) is 55.0 cm³/mol. The van der Waals surface area contributed by atoms with E-state index in [0.29, 0.717) is 0 Å². The molecule has 0 aromatic heterocycles. The largest absolute Gasteiger partial charge is 0.419 e. The van der Waals surface area contributed by atoms with Gasteiger partial charge in [-0.1, -0.05) is 12.1 Å². The zero-order valence-corrected chi connectivity index (χ0v) is 9.15. The molecule has 0 saturated carbocycles. The third-order valence-corrected chi connectivity index (χ3v) is 2.51. The molecular weight excluding hydrogens is 251 g/mol. The van der Waals surface area contributed by atoms with Gasteiger partial charge < -0.3 is 14.7 Å². The van der Waals surface area contributed by atoms with Crippen LogP contribution in [0.1, 0.15) is 5.56 Å². The van der Waals surface area contributed by atoms with Crippen molar-refractivity contribution in [2.45, 2.75) is 12.3 Å². The van der Waals surface area contributed by atoms with Crippen LogP contribution in [0, 0.1) is 0 Å². The second-order valence-corrected chi connectivity index (χ2v) is 3.92. The Labute approximate surface area is 101 Å². The van der Waals surface area contributed by atoms with Gasteiger partial charge in [-0.15, -0.1) is 0 Å². The standard InChI is InChI=1S/C11H10F3NO3/c12-11(13,14)8-3-1-2-4-9(8)18-10(17)15-5-7(16)6-15/h1-4,7,16H,5-6H2. The first-order valence-electron chi connectivity index (χ1n) is 5.19. The molecule has 98 valence electrons. The summed E-state index contributed by atoms with van der Waals surface area (Å²) in [4.78, 5) is 12.6. The van der Waals surface area contributed by atoms with E-state index in [-0.39, 0.29) is 13.1 Å². The Hall–Kier alpha value is -1.76. The smallest absolute Gasteiger partial charge is 0.410 e. The van der Waals surface area contributed by atoms with Gasteiger partial charge >= 0.3 is 12.3 Å². The second kappa shape index (κ2) is 4.49. The predicted octanol–water partition coefficient (Wildman–Crippen LogP) is 1.88. The van der Waals surface area contributed by atoms with Crippen LogP contribution in [0.2, 0.25) is 0 Å². The summed E-state index contributed by atoms with van der Waals surface area (Å²) in [5, 5.41) is 8.99. The third-order valence-electron chi connectivity index (χ3n) is 2.51. The summed E-state index contributed by atoms with van der Waals surface area (Å²) in [5.41, 5.74) is -1.00. The maximum absolute atomic E-state index is 12.6. The molecule has 0 atom stereocenters. The second-order valence-electron chi connectivity index (χ2n) is 3.92. The van der Waals surface area contributed by atoms with Crippen molar-refractivity contribution in [3.63, 3.8) is 0 Å². The van der Waals surface area contributed by atoms with Crippen LogP contribution in [-0.2, 0) is 6.18 Å². The summed E-state index contributed by atoms with van der Waals surface area (Å²) in [5.74, 6) is -0.531. The average molecular weight is 261 g/mol. The van der Waals surface area contributed by atoms with E-state index in [4.69, 9.17) is 5.11 Å². The number of carbonyl (C=O) groups is 1. The number of benzene rings is 1. The zero-order valence-electron chi connectivity index (χ0n) is 9.15. The minimum atomic E-state index is -4.58. The topological polar surface area (TPSA) is 49.8 Å². The minimum Gasteiger partial charge on any atom is -0.410 e. The molecule has 1 N–H and O–H groups in total. The number of carbonyl (C=O) groups excluding carboxylic acids is 1. The maximum atomic E-state index is 12.6. The Balaban J connectivity index is 2.12. The zero-order chi connectivity index (χ0) is 13.3. The number of ether oxygens (including phenoxy) is 1. The van der Waals surface area contributed by atoms with E-state index in [1.165, 1.54) is 12.1 Å². The number of halogens is 3. The molecule has 18 heavy (non-hydrogen) atoms. The van der Waals surface area contributed by atoms with E-state index >= 15 is 0 Å². The summed E-state index contributed by atoms with van der Waals surface area (Å²) in [6, 6.07) is 4.49. The van der Waals surface area contributed by atoms with Gasteiger partial charge in [-0.2, -0.15) is 13.2 Å². The number of hydrogen-bond acceptors (Lipinski definition) is 3. The highest BCUT2D eigenvalue weighted by Crippen LogP contribution is 2.36. The molecule has 1 amide bonds. The minimum absolute atomic E-state index is 0.0764. The van der Waals surface area contributed by atoms with Crippen molar-refractivity contribution in [3.8, 4) is 5.75 Å². The Morgan fingerprint density at radius 2 is 1.94 bits per heavy atom. The molecule has 2 rings (SSSR count). The fraction of sp³-hybridized carbons (Fsp3) is 0.364. The highest BCUT2D eigenvalue weighted by molar-refractivity contribution is 5.72. The van der Waals surface area contributed by atoms with E-state index in [0.717, 1.165) is 17.0 Å². The quantitative estimate of drug-likeness (QED) is 0.839. The first-order chi connectivity index (χ1) is 8.38. The molecule has 1 fully saturated rings. The summed E-state index contributed by atoms with van der Waals surface area (Å²) in [6.07, 6.45) is -6.10. The molecule has 0 unspecified atom stereocenters. The SMILES string of the molecule is O=C(Oc1ccccc1C(F)(F)F)N1CC(O)C1. The van der Waals surface area contributed by atoms with E-state index < -0.39 is 29.7 Å². The summed E-state index contributed by atoms with van der Waals surface area (Å²) < 4.78 is 42.5. The number of aliphatic hydroxyl groups excluding tert-OH is 1. The lowest BCUT2D eigenvalue weighted by atomic mass is 10.2. The van der Waals surface area contributed by atoms with Gasteiger partial charge in [-0.05, 0) is 12.1 Å². The summed E-state index contributed by atoms with van der Waals surface area (Å²) >= 11 is 0. The molecule has 4 nitrogen and oxygen atoms in total. The van der Waals surface area contributed by atoms with Crippen molar-refractivity contribution in [1.82, 2.24) is 4.90 Å². The van der Waals surface area contributed by atoms with Crippen LogP contribution in [-0.4, -0.2) is 35.3 Å². The van der Waals surface area contributed by atoms with Crippen LogP contribution in [0.5, 0.6) is 5.75 Å². The van der Waals surface area contributed by atoms with Crippen molar-refractivity contribution in [1.29, 1.82) is 0 Å². The van der Waals surface area contributed by atoms with Crippen molar-refractivity contribution in [2.75, 3.05) is 13.1 Å². The number of rotatable bonds is 1. The van der Waals surface area contributed by atoms with E-state index in [2.05, 4.69) is 4.74 Å². The number of likely N-dealkylation sites (tertiary alicyclic amines) is 1. The lowest BCUT2D eigenvalue weighted by Gasteiger charge is -2.34. The lowest BCUT2D eigenvalue weighted by molar-refractivity contribution is -0.138. The normalized spacial score (nSPS) is 16.3. The molecule has 1 aromatic carbocycles. The van der Waals surface area contributed by atoms with E-state index in [9.17, 15) is 18.0 Å². The van der Waals surface area contributed by atoms with Crippen LogP contribution in [0.3, 0.4) is 0 Å².